The summed E-state index contributed by atoms with van der Waals surface area (Å²) in [5, 5.41) is 9.56. The molecule has 0 aromatic heterocycles. The van der Waals surface area contributed by atoms with Crippen LogP contribution in [0.2, 0.25) is 0 Å². The smallest absolute Gasteiger partial charge is 0.0994 e. The minimum Gasteiger partial charge on any atom is -0.192 e. The maximum atomic E-state index is 8.71. The maximum absolute atomic E-state index is 8.71. The summed E-state index contributed by atoms with van der Waals surface area (Å²) in [6.07, 6.45) is 4.06. The summed E-state index contributed by atoms with van der Waals surface area (Å²) >= 11 is 3.31. The van der Waals surface area contributed by atoms with Crippen LogP contribution >= 0.6 is 15.9 Å². The quantitative estimate of drug-likeness (QED) is 0.723. The molecule has 13 heavy (non-hydrogen) atoms. The zero-order valence-corrected chi connectivity index (χ0v) is 9.01. The zero-order valence-electron chi connectivity index (χ0n) is 7.42. The molecule has 0 spiro atoms. The van der Waals surface area contributed by atoms with Gasteiger partial charge in [0, 0.05) is 5.33 Å². The van der Waals surface area contributed by atoms with Crippen LogP contribution < -0.4 is 0 Å². The number of hydrogen-bond acceptors (Lipinski definition) is 1. The molecule has 1 nitrogen and oxygen atoms in total. The molecule has 0 atom stereocenters. The molecule has 1 aromatic carbocycles. The first kappa shape index (κ1) is 10.0. The number of allylic oxidation sites excluding steroid dienone is 1. The number of alkyl halides is 1. The Morgan fingerprint density at radius 3 is 2.85 bits per heavy atom. The molecule has 0 aliphatic carbocycles. The van der Waals surface area contributed by atoms with Crippen LogP contribution in [0.15, 0.2) is 24.3 Å². The Morgan fingerprint density at radius 1 is 1.54 bits per heavy atom. The van der Waals surface area contributed by atoms with Crippen molar-refractivity contribution in [3.63, 3.8) is 0 Å². The maximum Gasteiger partial charge on any atom is 0.0994 e. The summed E-state index contributed by atoms with van der Waals surface area (Å²) in [4.78, 5) is 0. The van der Waals surface area contributed by atoms with Crippen molar-refractivity contribution in [2.45, 2.75) is 6.92 Å². The van der Waals surface area contributed by atoms with Crippen molar-refractivity contribution in [3.05, 3.63) is 41.0 Å². The zero-order chi connectivity index (χ0) is 9.68. The minimum atomic E-state index is 0.746. The van der Waals surface area contributed by atoms with Gasteiger partial charge in [-0.05, 0) is 24.1 Å². The van der Waals surface area contributed by atoms with E-state index in [2.05, 4.69) is 22.0 Å². The highest BCUT2D eigenvalue weighted by Crippen LogP contribution is 2.11. The number of nitrogens with zero attached hydrogens (tertiary/aromatic N) is 1. The van der Waals surface area contributed by atoms with Crippen LogP contribution in [0.3, 0.4) is 0 Å². The third-order valence-corrected chi connectivity index (χ3v) is 2.14. The fraction of sp³-hybridized carbons (Fsp3) is 0.182. The molecule has 0 aliphatic heterocycles. The van der Waals surface area contributed by atoms with E-state index in [1.807, 2.05) is 37.3 Å². The van der Waals surface area contributed by atoms with Crippen LogP contribution in [-0.2, 0) is 0 Å². The Balaban J connectivity index is 2.97. The van der Waals surface area contributed by atoms with Crippen LogP contribution in [0.5, 0.6) is 0 Å². The summed E-state index contributed by atoms with van der Waals surface area (Å²) in [7, 11) is 0. The second-order valence-electron chi connectivity index (χ2n) is 2.74. The van der Waals surface area contributed by atoms with E-state index in [0.717, 1.165) is 22.0 Å². The first-order valence-electron chi connectivity index (χ1n) is 4.01. The third-order valence-electron chi connectivity index (χ3n) is 1.77. The predicted molar refractivity (Wildman–Crippen MR) is 58.7 cm³/mol. The lowest BCUT2D eigenvalue weighted by atomic mass is 10.1. The van der Waals surface area contributed by atoms with Gasteiger partial charge in [-0.25, -0.2) is 0 Å². The van der Waals surface area contributed by atoms with Gasteiger partial charge in [-0.1, -0.05) is 40.2 Å². The molecule has 0 N–H and O–H groups in total. The van der Waals surface area contributed by atoms with Crippen molar-refractivity contribution in [3.8, 4) is 6.07 Å². The molecule has 0 unspecified atom stereocenters. The van der Waals surface area contributed by atoms with Crippen LogP contribution in [0.4, 0.5) is 0 Å². The summed E-state index contributed by atoms with van der Waals surface area (Å²) in [6, 6.07) is 7.96. The fourth-order valence-corrected chi connectivity index (χ4v) is 1.28. The van der Waals surface area contributed by atoms with Crippen molar-refractivity contribution < 1.29 is 0 Å². The Bertz CT molecular complexity index is 361. The van der Waals surface area contributed by atoms with Crippen molar-refractivity contribution >= 4 is 22.0 Å². The van der Waals surface area contributed by atoms with Crippen molar-refractivity contribution in [2.24, 2.45) is 0 Å². The van der Waals surface area contributed by atoms with Crippen LogP contribution in [0.25, 0.3) is 6.08 Å². The number of rotatable bonds is 2. The lowest BCUT2D eigenvalue weighted by molar-refractivity contribution is 1.39. The Hall–Kier alpha value is -1.07. The van der Waals surface area contributed by atoms with Gasteiger partial charge in [0.15, 0.2) is 0 Å². The number of nitriles is 1. The highest BCUT2D eigenvalue weighted by molar-refractivity contribution is 9.09. The number of benzene rings is 1. The van der Waals surface area contributed by atoms with Gasteiger partial charge >= 0.3 is 0 Å². The fourth-order valence-electron chi connectivity index (χ4n) is 1.10. The molecular formula is C11H10BrN. The summed E-state index contributed by atoms with van der Waals surface area (Å²) in [5.41, 5.74) is 2.91. The molecule has 1 aromatic rings. The lowest BCUT2D eigenvalue weighted by Gasteiger charge is -1.98. The van der Waals surface area contributed by atoms with Crippen molar-refractivity contribution in [1.29, 1.82) is 5.26 Å². The molecule has 0 bridgehead atoms. The van der Waals surface area contributed by atoms with Gasteiger partial charge in [0.05, 0.1) is 11.6 Å². The van der Waals surface area contributed by atoms with Gasteiger partial charge < -0.3 is 0 Å². The standard InChI is InChI=1S/C11H10BrN/c1-9-7-10(3-2-6-12)4-5-11(9)8-13/h2-5,7H,6H2,1H3. The molecule has 2 heteroatoms. The van der Waals surface area contributed by atoms with Crippen LogP contribution in [0, 0.1) is 18.3 Å². The normalized spacial score (nSPS) is 10.2. The van der Waals surface area contributed by atoms with Gasteiger partial charge in [0.1, 0.15) is 0 Å². The largest absolute Gasteiger partial charge is 0.192 e. The molecule has 1 rings (SSSR count). The van der Waals surface area contributed by atoms with E-state index in [1.165, 1.54) is 0 Å². The van der Waals surface area contributed by atoms with Gasteiger partial charge in [0.25, 0.3) is 0 Å². The molecule has 0 amide bonds. The minimum absolute atomic E-state index is 0.746. The summed E-state index contributed by atoms with van der Waals surface area (Å²) in [6.45, 7) is 1.95. The van der Waals surface area contributed by atoms with E-state index in [4.69, 9.17) is 5.26 Å². The van der Waals surface area contributed by atoms with E-state index in [9.17, 15) is 0 Å². The molecule has 0 fully saturated rings. The molecule has 0 saturated carbocycles. The topological polar surface area (TPSA) is 23.8 Å². The average Bonchev–Trinajstić information content (AvgIpc) is 2.15. The van der Waals surface area contributed by atoms with E-state index < -0.39 is 0 Å². The van der Waals surface area contributed by atoms with E-state index in [0.29, 0.717) is 0 Å². The highest BCUT2D eigenvalue weighted by Gasteiger charge is 1.95. The summed E-state index contributed by atoms with van der Waals surface area (Å²) in [5.74, 6) is 0. The predicted octanol–water partition coefficient (Wildman–Crippen LogP) is 3.27. The molecule has 0 aliphatic rings. The van der Waals surface area contributed by atoms with Gasteiger partial charge in [0.2, 0.25) is 0 Å². The molecule has 0 saturated heterocycles. The van der Waals surface area contributed by atoms with Crippen molar-refractivity contribution in [2.75, 3.05) is 5.33 Å². The monoisotopic (exact) mass is 235 g/mol. The Labute approximate surface area is 86.8 Å². The molecular weight excluding hydrogens is 226 g/mol. The molecule has 0 radical (unpaired) electrons. The van der Waals surface area contributed by atoms with E-state index >= 15 is 0 Å². The second-order valence-corrected chi connectivity index (χ2v) is 3.39. The first-order valence-corrected chi connectivity index (χ1v) is 5.13. The first-order chi connectivity index (χ1) is 6.27. The van der Waals surface area contributed by atoms with Gasteiger partial charge in [-0.15, -0.1) is 0 Å². The Kier molecular flexibility index (Phi) is 3.72. The number of halogens is 1. The average molecular weight is 236 g/mol. The lowest BCUT2D eigenvalue weighted by Crippen LogP contribution is -1.82. The highest BCUT2D eigenvalue weighted by atomic mass is 79.9. The summed E-state index contributed by atoms with van der Waals surface area (Å²) < 4.78 is 0. The van der Waals surface area contributed by atoms with Crippen LogP contribution in [0.1, 0.15) is 16.7 Å². The third kappa shape index (κ3) is 2.71. The number of hydrogen-bond donors (Lipinski definition) is 0. The second kappa shape index (κ2) is 4.84. The Morgan fingerprint density at radius 2 is 2.31 bits per heavy atom. The van der Waals surface area contributed by atoms with Crippen LogP contribution in [-0.4, -0.2) is 5.33 Å². The van der Waals surface area contributed by atoms with Gasteiger partial charge in [-0.3, -0.25) is 0 Å². The number of aryl methyl sites for hydroxylation is 1. The molecule has 0 heterocycles. The van der Waals surface area contributed by atoms with Crippen molar-refractivity contribution in [1.82, 2.24) is 0 Å². The SMILES string of the molecule is Cc1cc(C=CCBr)ccc1C#N. The molecule has 66 valence electrons. The van der Waals surface area contributed by atoms with E-state index in [-0.39, 0.29) is 0 Å². The van der Waals surface area contributed by atoms with Gasteiger partial charge in [-0.2, -0.15) is 5.26 Å². The van der Waals surface area contributed by atoms with E-state index in [1.54, 1.807) is 0 Å².